The molecular formula is C12H21NO3. The predicted molar refractivity (Wildman–Crippen MR) is 60.2 cm³/mol. The number of hydrogen-bond acceptors (Lipinski definition) is 4. The molecule has 2 saturated heterocycles. The minimum absolute atomic E-state index is 0.00942. The molecule has 1 atom stereocenters. The second kappa shape index (κ2) is 5.64. The van der Waals surface area contributed by atoms with Crippen LogP contribution in [-0.2, 0) is 14.3 Å². The zero-order valence-electron chi connectivity index (χ0n) is 9.98. The normalized spacial score (nSPS) is 28.2. The van der Waals surface area contributed by atoms with Gasteiger partial charge < -0.3 is 9.47 Å². The van der Waals surface area contributed by atoms with Crippen LogP contribution in [0.4, 0.5) is 0 Å². The molecule has 0 N–H and O–H groups in total. The summed E-state index contributed by atoms with van der Waals surface area (Å²) in [6.45, 7) is 6.14. The van der Waals surface area contributed by atoms with E-state index in [1.54, 1.807) is 0 Å². The van der Waals surface area contributed by atoms with Crippen molar-refractivity contribution in [2.45, 2.75) is 32.2 Å². The monoisotopic (exact) mass is 227 g/mol. The first-order valence-electron chi connectivity index (χ1n) is 6.29. The molecule has 2 aliphatic heterocycles. The zero-order chi connectivity index (χ0) is 11.4. The second-order valence-electron chi connectivity index (χ2n) is 4.58. The lowest BCUT2D eigenvalue weighted by Gasteiger charge is -2.34. The lowest BCUT2D eigenvalue weighted by Crippen LogP contribution is -2.43. The Kier molecular flexibility index (Phi) is 4.18. The molecule has 0 aromatic rings. The van der Waals surface area contributed by atoms with Gasteiger partial charge in [-0.1, -0.05) is 0 Å². The molecule has 0 spiro atoms. The first kappa shape index (κ1) is 11.9. The lowest BCUT2D eigenvalue weighted by molar-refractivity contribution is -0.149. The number of carbonyl (C=O) groups excluding carboxylic acids is 1. The number of piperidine rings is 1. The summed E-state index contributed by atoms with van der Waals surface area (Å²) in [4.78, 5) is 14.0. The van der Waals surface area contributed by atoms with Crippen LogP contribution in [0.5, 0.6) is 0 Å². The van der Waals surface area contributed by atoms with E-state index in [0.29, 0.717) is 12.6 Å². The van der Waals surface area contributed by atoms with Gasteiger partial charge in [0.15, 0.2) is 0 Å². The van der Waals surface area contributed by atoms with E-state index in [0.717, 1.165) is 45.6 Å². The molecule has 92 valence electrons. The third-order valence-corrected chi connectivity index (χ3v) is 3.57. The van der Waals surface area contributed by atoms with Crippen LogP contribution in [0.3, 0.4) is 0 Å². The van der Waals surface area contributed by atoms with E-state index in [4.69, 9.17) is 9.47 Å². The van der Waals surface area contributed by atoms with E-state index >= 15 is 0 Å². The number of hydrogen-bond donors (Lipinski definition) is 0. The van der Waals surface area contributed by atoms with Gasteiger partial charge in [-0.25, -0.2) is 0 Å². The first-order chi connectivity index (χ1) is 7.81. The molecule has 0 amide bonds. The molecule has 0 radical (unpaired) electrons. The van der Waals surface area contributed by atoms with Crippen LogP contribution in [0.2, 0.25) is 0 Å². The van der Waals surface area contributed by atoms with Crippen LogP contribution in [0, 0.1) is 5.92 Å². The molecule has 0 aromatic carbocycles. The van der Waals surface area contributed by atoms with E-state index in [1.165, 1.54) is 0 Å². The fourth-order valence-corrected chi connectivity index (χ4v) is 2.57. The average Bonchev–Trinajstić information content (AvgIpc) is 2.83. The summed E-state index contributed by atoms with van der Waals surface area (Å²) in [7, 11) is 0. The number of ether oxygens (including phenoxy) is 2. The molecule has 0 aliphatic carbocycles. The van der Waals surface area contributed by atoms with Gasteiger partial charge in [0.1, 0.15) is 0 Å². The molecule has 0 aromatic heterocycles. The van der Waals surface area contributed by atoms with Gasteiger partial charge in [-0.05, 0) is 39.3 Å². The van der Waals surface area contributed by atoms with E-state index in [1.807, 2.05) is 6.92 Å². The van der Waals surface area contributed by atoms with Crippen molar-refractivity contribution in [3.63, 3.8) is 0 Å². The van der Waals surface area contributed by atoms with Gasteiger partial charge >= 0.3 is 5.97 Å². The fourth-order valence-electron chi connectivity index (χ4n) is 2.57. The van der Waals surface area contributed by atoms with Crippen molar-refractivity contribution in [2.24, 2.45) is 5.92 Å². The van der Waals surface area contributed by atoms with Gasteiger partial charge in [-0.15, -0.1) is 0 Å². The molecule has 4 heteroatoms. The van der Waals surface area contributed by atoms with Crippen molar-refractivity contribution < 1.29 is 14.3 Å². The summed E-state index contributed by atoms with van der Waals surface area (Å²) in [5, 5.41) is 0. The maximum atomic E-state index is 11.6. The predicted octanol–water partition coefficient (Wildman–Crippen LogP) is 1.05. The molecule has 2 heterocycles. The quantitative estimate of drug-likeness (QED) is 0.676. The summed E-state index contributed by atoms with van der Waals surface area (Å²) in [5.41, 5.74) is 0. The van der Waals surface area contributed by atoms with Gasteiger partial charge in [0.25, 0.3) is 0 Å². The Morgan fingerprint density at radius 2 is 2.12 bits per heavy atom. The Hall–Kier alpha value is -0.610. The van der Waals surface area contributed by atoms with Crippen molar-refractivity contribution in [1.29, 1.82) is 0 Å². The third kappa shape index (κ3) is 2.74. The smallest absolute Gasteiger partial charge is 0.309 e. The van der Waals surface area contributed by atoms with Crippen molar-refractivity contribution >= 4 is 5.97 Å². The van der Waals surface area contributed by atoms with Crippen LogP contribution in [-0.4, -0.2) is 49.8 Å². The summed E-state index contributed by atoms with van der Waals surface area (Å²) in [6, 6.07) is 0.586. The Balaban J connectivity index is 1.75. The molecule has 0 saturated carbocycles. The summed E-state index contributed by atoms with van der Waals surface area (Å²) < 4.78 is 10.4. The number of likely N-dealkylation sites (tertiary alicyclic amines) is 1. The molecule has 2 aliphatic rings. The summed E-state index contributed by atoms with van der Waals surface area (Å²) in [6.07, 6.45) is 3.02. The van der Waals surface area contributed by atoms with Gasteiger partial charge in [0.05, 0.1) is 19.1 Å². The minimum atomic E-state index is -0.00942. The number of rotatable bonds is 3. The highest BCUT2D eigenvalue weighted by Crippen LogP contribution is 2.23. The standard InChI is InChI=1S/C12H21NO3/c1-2-16-12(14)10-3-6-13(7-4-10)11-5-8-15-9-11/h10-11H,2-9H2,1H3/t11-/m1/s1. The highest BCUT2D eigenvalue weighted by Gasteiger charge is 2.30. The highest BCUT2D eigenvalue weighted by atomic mass is 16.5. The average molecular weight is 227 g/mol. The maximum Gasteiger partial charge on any atom is 0.309 e. The molecule has 2 rings (SSSR count). The largest absolute Gasteiger partial charge is 0.466 e. The van der Waals surface area contributed by atoms with Crippen molar-refractivity contribution in [1.82, 2.24) is 4.90 Å². The lowest BCUT2D eigenvalue weighted by atomic mass is 9.96. The SMILES string of the molecule is CCOC(=O)C1CCN([C@@H]2CCOC2)CC1. The van der Waals surface area contributed by atoms with Crippen LogP contribution in [0.1, 0.15) is 26.2 Å². The topological polar surface area (TPSA) is 38.8 Å². The molecule has 16 heavy (non-hydrogen) atoms. The zero-order valence-corrected chi connectivity index (χ0v) is 9.98. The van der Waals surface area contributed by atoms with E-state index < -0.39 is 0 Å². The van der Waals surface area contributed by atoms with E-state index in [9.17, 15) is 4.79 Å². The number of esters is 1. The van der Waals surface area contributed by atoms with E-state index in [2.05, 4.69) is 4.90 Å². The Morgan fingerprint density at radius 3 is 2.69 bits per heavy atom. The third-order valence-electron chi connectivity index (χ3n) is 3.57. The first-order valence-corrected chi connectivity index (χ1v) is 6.29. The van der Waals surface area contributed by atoms with Crippen LogP contribution < -0.4 is 0 Å². The number of carbonyl (C=O) groups is 1. The fraction of sp³-hybridized carbons (Fsp3) is 0.917. The van der Waals surface area contributed by atoms with Crippen molar-refractivity contribution in [3.8, 4) is 0 Å². The molecular weight excluding hydrogens is 206 g/mol. The van der Waals surface area contributed by atoms with Crippen molar-refractivity contribution in [2.75, 3.05) is 32.9 Å². The Morgan fingerprint density at radius 1 is 1.38 bits per heavy atom. The Bertz CT molecular complexity index is 230. The molecule has 4 nitrogen and oxygen atoms in total. The van der Waals surface area contributed by atoms with E-state index in [-0.39, 0.29) is 11.9 Å². The van der Waals surface area contributed by atoms with Gasteiger partial charge in [0.2, 0.25) is 0 Å². The molecule has 2 fully saturated rings. The maximum absolute atomic E-state index is 11.6. The highest BCUT2D eigenvalue weighted by molar-refractivity contribution is 5.72. The summed E-state index contributed by atoms with van der Waals surface area (Å²) in [5.74, 6) is 0.114. The van der Waals surface area contributed by atoms with Gasteiger partial charge in [-0.3, -0.25) is 9.69 Å². The molecule has 0 unspecified atom stereocenters. The number of nitrogens with zero attached hydrogens (tertiary/aromatic N) is 1. The Labute approximate surface area is 96.9 Å². The van der Waals surface area contributed by atoms with Crippen LogP contribution in [0.25, 0.3) is 0 Å². The second-order valence-corrected chi connectivity index (χ2v) is 4.58. The van der Waals surface area contributed by atoms with Crippen LogP contribution in [0.15, 0.2) is 0 Å². The molecule has 0 bridgehead atoms. The minimum Gasteiger partial charge on any atom is -0.466 e. The summed E-state index contributed by atoms with van der Waals surface area (Å²) >= 11 is 0. The van der Waals surface area contributed by atoms with Crippen molar-refractivity contribution in [3.05, 3.63) is 0 Å². The van der Waals surface area contributed by atoms with Crippen LogP contribution >= 0.6 is 0 Å². The van der Waals surface area contributed by atoms with Gasteiger partial charge in [-0.2, -0.15) is 0 Å². The van der Waals surface area contributed by atoms with Gasteiger partial charge in [0, 0.05) is 12.6 Å².